The van der Waals surface area contributed by atoms with E-state index >= 15 is 0 Å². The predicted molar refractivity (Wildman–Crippen MR) is 65.1 cm³/mol. The van der Waals surface area contributed by atoms with Crippen molar-refractivity contribution in [3.8, 4) is 0 Å². The number of carbonyl (C=O) groups is 1. The zero-order chi connectivity index (χ0) is 11.5. The van der Waals surface area contributed by atoms with E-state index in [2.05, 4.69) is 0 Å². The molecule has 0 spiro atoms. The molecule has 0 amide bonds. The summed E-state index contributed by atoms with van der Waals surface area (Å²) in [5, 5.41) is 0.237. The van der Waals surface area contributed by atoms with Gasteiger partial charge in [-0.1, -0.05) is 24.1 Å². The molecule has 1 aromatic rings. The van der Waals surface area contributed by atoms with E-state index in [1.807, 2.05) is 0 Å². The molecule has 0 N–H and O–H groups in total. The van der Waals surface area contributed by atoms with Gasteiger partial charge in [0, 0.05) is 16.3 Å². The molecule has 1 aliphatic carbocycles. The summed E-state index contributed by atoms with van der Waals surface area (Å²) < 4.78 is 12.2. The number of ketones is 1. The Balaban J connectivity index is 2.21. The second-order valence-electron chi connectivity index (χ2n) is 3.96. The summed E-state index contributed by atoms with van der Waals surface area (Å²) in [5.74, 6) is 0.129. The van der Waals surface area contributed by atoms with E-state index in [9.17, 15) is 9.00 Å². The van der Waals surface area contributed by atoms with E-state index in [0.717, 1.165) is 19.3 Å². The van der Waals surface area contributed by atoms with Gasteiger partial charge in [0.15, 0.2) is 0 Å². The first-order valence-electron chi connectivity index (χ1n) is 5.37. The minimum Gasteiger partial charge on any atom is -0.298 e. The van der Waals surface area contributed by atoms with Crippen molar-refractivity contribution in [3.05, 3.63) is 29.3 Å². The number of carbonyl (C=O) groups excluding carboxylic acids is 1. The Bertz CT molecular complexity index is 431. The molecule has 0 aliphatic heterocycles. The molecule has 16 heavy (non-hydrogen) atoms. The van der Waals surface area contributed by atoms with Gasteiger partial charge in [0.25, 0.3) is 0 Å². The number of hydrogen-bond acceptors (Lipinski definition) is 2. The van der Waals surface area contributed by atoms with Crippen molar-refractivity contribution >= 4 is 28.2 Å². The van der Waals surface area contributed by atoms with E-state index in [-0.39, 0.29) is 11.0 Å². The third-order valence-corrected chi connectivity index (χ3v) is 4.75. The van der Waals surface area contributed by atoms with Gasteiger partial charge >= 0.3 is 0 Å². The van der Waals surface area contributed by atoms with Crippen LogP contribution in [0.4, 0.5) is 0 Å². The lowest BCUT2D eigenvalue weighted by molar-refractivity contribution is -0.119. The van der Waals surface area contributed by atoms with Crippen molar-refractivity contribution in [2.75, 3.05) is 0 Å². The largest absolute Gasteiger partial charge is 0.298 e. The zero-order valence-corrected chi connectivity index (χ0v) is 10.4. The predicted octanol–water partition coefficient (Wildman–Crippen LogP) is 2.96. The Morgan fingerprint density at radius 1 is 1.31 bits per heavy atom. The Hall–Kier alpha value is -0.670. The molecule has 86 valence electrons. The van der Waals surface area contributed by atoms with Crippen molar-refractivity contribution in [2.24, 2.45) is 0 Å². The Morgan fingerprint density at radius 2 is 2.12 bits per heavy atom. The Labute approximate surface area is 102 Å². The van der Waals surface area contributed by atoms with Crippen molar-refractivity contribution in [2.45, 2.75) is 35.8 Å². The van der Waals surface area contributed by atoms with E-state index in [4.69, 9.17) is 11.6 Å². The molecule has 0 aromatic heterocycles. The molecule has 1 fully saturated rings. The van der Waals surface area contributed by atoms with Crippen LogP contribution in [0.3, 0.4) is 0 Å². The topological polar surface area (TPSA) is 34.1 Å². The molecule has 4 heteroatoms. The van der Waals surface area contributed by atoms with Crippen LogP contribution in [0.25, 0.3) is 0 Å². The molecule has 1 aromatic carbocycles. The van der Waals surface area contributed by atoms with E-state index in [1.54, 1.807) is 24.3 Å². The van der Waals surface area contributed by atoms with Gasteiger partial charge < -0.3 is 0 Å². The van der Waals surface area contributed by atoms with Crippen LogP contribution in [0, 0.1) is 0 Å². The van der Waals surface area contributed by atoms with Crippen LogP contribution in [0.5, 0.6) is 0 Å². The molecule has 1 saturated carbocycles. The van der Waals surface area contributed by atoms with E-state index < -0.39 is 10.8 Å². The number of halogens is 1. The average molecular weight is 257 g/mol. The summed E-state index contributed by atoms with van der Waals surface area (Å²) in [6, 6.07) is 6.96. The second kappa shape index (κ2) is 5.11. The maximum atomic E-state index is 12.2. The van der Waals surface area contributed by atoms with Crippen LogP contribution in [0.2, 0.25) is 5.02 Å². The van der Waals surface area contributed by atoms with Crippen LogP contribution < -0.4 is 0 Å². The quantitative estimate of drug-likeness (QED) is 0.815. The number of rotatable bonds is 2. The summed E-state index contributed by atoms with van der Waals surface area (Å²) >= 11 is 5.84. The van der Waals surface area contributed by atoms with Crippen LogP contribution in [-0.4, -0.2) is 15.2 Å². The SMILES string of the molecule is O=C1CCCCC1S(=O)c1cccc(Cl)c1. The summed E-state index contributed by atoms with van der Waals surface area (Å²) in [7, 11) is -1.24. The molecule has 2 atom stereocenters. The van der Waals surface area contributed by atoms with Crippen LogP contribution in [0.15, 0.2) is 29.2 Å². The number of hydrogen-bond donors (Lipinski definition) is 0. The Kier molecular flexibility index (Phi) is 3.77. The van der Waals surface area contributed by atoms with Gasteiger partial charge in [-0.15, -0.1) is 0 Å². The fourth-order valence-electron chi connectivity index (χ4n) is 1.93. The molecule has 0 saturated heterocycles. The van der Waals surface area contributed by atoms with Crippen molar-refractivity contribution in [3.63, 3.8) is 0 Å². The van der Waals surface area contributed by atoms with Gasteiger partial charge in [-0.2, -0.15) is 0 Å². The summed E-state index contributed by atoms with van der Waals surface area (Å²) in [4.78, 5) is 12.3. The highest BCUT2D eigenvalue weighted by molar-refractivity contribution is 7.86. The summed E-state index contributed by atoms with van der Waals surface area (Å²) in [5.41, 5.74) is 0. The fourth-order valence-corrected chi connectivity index (χ4v) is 3.71. The molecule has 1 aliphatic rings. The van der Waals surface area contributed by atoms with Gasteiger partial charge in [-0.3, -0.25) is 9.00 Å². The third kappa shape index (κ3) is 2.53. The second-order valence-corrected chi connectivity index (χ2v) is 6.03. The minimum atomic E-state index is -1.24. The lowest BCUT2D eigenvalue weighted by Gasteiger charge is -2.19. The van der Waals surface area contributed by atoms with Crippen LogP contribution in [-0.2, 0) is 15.6 Å². The van der Waals surface area contributed by atoms with E-state index in [0.29, 0.717) is 16.3 Å². The minimum absolute atomic E-state index is 0.129. The standard InChI is InChI=1S/C12H13ClO2S/c13-9-4-3-5-10(8-9)16(15)12-7-2-1-6-11(12)14/h3-5,8,12H,1-2,6-7H2. The first kappa shape index (κ1) is 11.8. The molecule has 0 heterocycles. The summed E-state index contributed by atoms with van der Waals surface area (Å²) in [6.45, 7) is 0. The molecule has 2 rings (SSSR count). The lowest BCUT2D eigenvalue weighted by Crippen LogP contribution is -2.29. The van der Waals surface area contributed by atoms with Gasteiger partial charge in [-0.05, 0) is 31.0 Å². The highest BCUT2D eigenvalue weighted by atomic mass is 35.5. The normalized spacial score (nSPS) is 23.1. The number of benzene rings is 1. The smallest absolute Gasteiger partial charge is 0.148 e. The maximum Gasteiger partial charge on any atom is 0.148 e. The third-order valence-electron chi connectivity index (χ3n) is 2.79. The molecule has 2 unspecified atom stereocenters. The highest BCUT2D eigenvalue weighted by Gasteiger charge is 2.28. The molecule has 0 radical (unpaired) electrons. The van der Waals surface area contributed by atoms with Gasteiger partial charge in [0.2, 0.25) is 0 Å². The molecule has 2 nitrogen and oxygen atoms in total. The highest BCUT2D eigenvalue weighted by Crippen LogP contribution is 2.24. The lowest BCUT2D eigenvalue weighted by atomic mass is 9.99. The molecular formula is C12H13ClO2S. The van der Waals surface area contributed by atoms with E-state index in [1.165, 1.54) is 0 Å². The zero-order valence-electron chi connectivity index (χ0n) is 8.82. The maximum absolute atomic E-state index is 12.2. The van der Waals surface area contributed by atoms with Crippen molar-refractivity contribution in [1.29, 1.82) is 0 Å². The number of Topliss-reactive ketones (excluding diaryl/α,β-unsaturated/α-hetero) is 1. The van der Waals surface area contributed by atoms with Gasteiger partial charge in [0.1, 0.15) is 5.78 Å². The van der Waals surface area contributed by atoms with Crippen LogP contribution >= 0.6 is 11.6 Å². The first-order valence-corrected chi connectivity index (χ1v) is 6.96. The van der Waals surface area contributed by atoms with Gasteiger partial charge in [0.05, 0.1) is 16.0 Å². The van der Waals surface area contributed by atoms with Crippen molar-refractivity contribution in [1.82, 2.24) is 0 Å². The average Bonchev–Trinajstić information content (AvgIpc) is 2.29. The molecular weight excluding hydrogens is 244 g/mol. The molecule has 0 bridgehead atoms. The van der Waals surface area contributed by atoms with Crippen LogP contribution in [0.1, 0.15) is 25.7 Å². The van der Waals surface area contributed by atoms with Crippen molar-refractivity contribution < 1.29 is 9.00 Å². The fraction of sp³-hybridized carbons (Fsp3) is 0.417. The first-order chi connectivity index (χ1) is 7.68. The van der Waals surface area contributed by atoms with Gasteiger partial charge in [-0.25, -0.2) is 0 Å². The monoisotopic (exact) mass is 256 g/mol. The Morgan fingerprint density at radius 3 is 2.81 bits per heavy atom. The summed E-state index contributed by atoms with van der Waals surface area (Å²) in [6.07, 6.45) is 3.22.